The number of hydrogen-bond acceptors (Lipinski definition) is 5. The molecule has 6 nitrogen and oxygen atoms in total. The average Bonchev–Trinajstić information content (AvgIpc) is 3.30. The lowest BCUT2D eigenvalue weighted by atomic mass is 9.83. The lowest BCUT2D eigenvalue weighted by Gasteiger charge is -2.42. The van der Waals surface area contributed by atoms with Crippen LogP contribution in [0.15, 0.2) is 36.5 Å². The van der Waals surface area contributed by atoms with Crippen LogP contribution in [0.2, 0.25) is 0 Å². The second-order valence-corrected chi connectivity index (χ2v) is 9.54. The van der Waals surface area contributed by atoms with Crippen LogP contribution in [0.3, 0.4) is 0 Å². The Hall–Kier alpha value is -2.78. The summed E-state index contributed by atoms with van der Waals surface area (Å²) in [6.45, 7) is 4.15. The van der Waals surface area contributed by atoms with Crippen molar-refractivity contribution < 1.29 is 22.6 Å². The molecule has 2 aliphatic heterocycles. The zero-order valence-electron chi connectivity index (χ0n) is 20.0. The van der Waals surface area contributed by atoms with E-state index >= 15 is 0 Å². The molecule has 1 fully saturated rings. The lowest BCUT2D eigenvalue weighted by Crippen LogP contribution is -2.49. The molecule has 1 aromatic heterocycles. The molecular formula is C26H31F3N4O2. The SMILES string of the molecule is COc1cc(OCCN2CC(CF)C2)ccc1[C@@H]1c2ccc3[nH]ncc3c2C[C@@H](C)N1CC(F)F. The van der Waals surface area contributed by atoms with Crippen molar-refractivity contribution in [3.05, 3.63) is 53.2 Å². The molecule has 2 atom stereocenters. The number of ether oxygens (including phenoxy) is 2. The Labute approximate surface area is 203 Å². The van der Waals surface area contributed by atoms with Crippen molar-refractivity contribution in [3.63, 3.8) is 0 Å². The number of aromatic nitrogens is 2. The van der Waals surface area contributed by atoms with Gasteiger partial charge in [-0.2, -0.15) is 5.10 Å². The van der Waals surface area contributed by atoms with Crippen LogP contribution < -0.4 is 9.47 Å². The summed E-state index contributed by atoms with van der Waals surface area (Å²) < 4.78 is 51.6. The van der Waals surface area contributed by atoms with Crippen LogP contribution in [0.5, 0.6) is 11.5 Å². The van der Waals surface area contributed by atoms with E-state index in [0.29, 0.717) is 24.5 Å². The van der Waals surface area contributed by atoms with Gasteiger partial charge in [0, 0.05) is 48.6 Å². The molecule has 0 unspecified atom stereocenters. The number of rotatable bonds is 9. The fourth-order valence-electron chi connectivity index (χ4n) is 5.47. The summed E-state index contributed by atoms with van der Waals surface area (Å²) in [6, 6.07) is 9.10. The molecule has 0 saturated carbocycles. The molecule has 2 aromatic carbocycles. The molecule has 0 bridgehead atoms. The Morgan fingerprint density at radius 2 is 1.97 bits per heavy atom. The summed E-state index contributed by atoms with van der Waals surface area (Å²) in [4.78, 5) is 4.03. The highest BCUT2D eigenvalue weighted by atomic mass is 19.3. The van der Waals surface area contributed by atoms with Crippen molar-refractivity contribution in [1.82, 2.24) is 20.0 Å². The number of methoxy groups -OCH3 is 1. The highest BCUT2D eigenvalue weighted by Gasteiger charge is 2.37. The maximum Gasteiger partial charge on any atom is 0.251 e. The molecule has 3 aromatic rings. The minimum Gasteiger partial charge on any atom is -0.496 e. The number of fused-ring (bicyclic) bond motifs is 3. The summed E-state index contributed by atoms with van der Waals surface area (Å²) in [6.07, 6.45) is 0.0212. The Morgan fingerprint density at radius 3 is 2.71 bits per heavy atom. The zero-order chi connectivity index (χ0) is 24.5. The maximum absolute atomic E-state index is 13.7. The number of nitrogens with one attached hydrogen (secondary N) is 1. The zero-order valence-corrected chi connectivity index (χ0v) is 20.0. The van der Waals surface area contributed by atoms with Gasteiger partial charge in [-0.1, -0.05) is 6.07 Å². The largest absolute Gasteiger partial charge is 0.496 e. The molecule has 0 aliphatic carbocycles. The van der Waals surface area contributed by atoms with E-state index in [4.69, 9.17) is 9.47 Å². The first-order chi connectivity index (χ1) is 17.0. The molecule has 0 spiro atoms. The lowest BCUT2D eigenvalue weighted by molar-refractivity contribution is 0.0459. The standard InChI is InChI=1S/C26H31F3N4O2/c1-16-9-21-19(5-6-23-22(21)12-30-31-23)26(33(16)15-25(28)29)20-4-3-18(10-24(20)34-2)35-8-7-32-13-17(11-27)14-32/h3-6,10,12,16-17,25-26H,7-9,11,13-15H2,1-2H3,(H,30,31)/t16-,26+/m1/s1. The van der Waals surface area contributed by atoms with Gasteiger partial charge in [0.2, 0.25) is 0 Å². The fourth-order valence-corrected chi connectivity index (χ4v) is 5.47. The minimum atomic E-state index is -2.45. The van der Waals surface area contributed by atoms with E-state index in [0.717, 1.165) is 47.2 Å². The van der Waals surface area contributed by atoms with Crippen molar-refractivity contribution >= 4 is 10.9 Å². The third-order valence-corrected chi connectivity index (χ3v) is 7.24. The van der Waals surface area contributed by atoms with Crippen LogP contribution >= 0.6 is 0 Å². The van der Waals surface area contributed by atoms with E-state index in [9.17, 15) is 13.2 Å². The molecule has 1 N–H and O–H groups in total. The van der Waals surface area contributed by atoms with Crippen LogP contribution in [0, 0.1) is 5.92 Å². The van der Waals surface area contributed by atoms with Gasteiger partial charge in [-0.05, 0) is 42.7 Å². The Kier molecular flexibility index (Phi) is 6.88. The van der Waals surface area contributed by atoms with Crippen molar-refractivity contribution in [1.29, 1.82) is 0 Å². The Bertz CT molecular complexity index is 1160. The number of likely N-dealkylation sites (tertiary alicyclic amines) is 1. The van der Waals surface area contributed by atoms with Gasteiger partial charge in [0.15, 0.2) is 0 Å². The van der Waals surface area contributed by atoms with Gasteiger partial charge in [-0.15, -0.1) is 0 Å². The summed E-state index contributed by atoms with van der Waals surface area (Å²) in [5, 5.41) is 8.21. The van der Waals surface area contributed by atoms with Crippen LogP contribution in [0.1, 0.15) is 29.7 Å². The van der Waals surface area contributed by atoms with E-state index in [2.05, 4.69) is 15.1 Å². The minimum absolute atomic E-state index is 0.0905. The Balaban J connectivity index is 1.44. The number of nitrogens with zero attached hydrogens (tertiary/aromatic N) is 3. The van der Waals surface area contributed by atoms with E-state index < -0.39 is 6.43 Å². The number of aromatic amines is 1. The predicted molar refractivity (Wildman–Crippen MR) is 128 cm³/mol. The van der Waals surface area contributed by atoms with Gasteiger partial charge in [0.05, 0.1) is 38.1 Å². The fraction of sp³-hybridized carbons (Fsp3) is 0.500. The molecule has 5 rings (SSSR count). The van der Waals surface area contributed by atoms with Crippen molar-refractivity contribution in [2.75, 3.05) is 46.6 Å². The quantitative estimate of drug-likeness (QED) is 0.482. The highest BCUT2D eigenvalue weighted by molar-refractivity contribution is 5.83. The van der Waals surface area contributed by atoms with Crippen LogP contribution in [0.25, 0.3) is 10.9 Å². The number of hydrogen-bond donors (Lipinski definition) is 1. The monoisotopic (exact) mass is 488 g/mol. The summed E-state index contributed by atoms with van der Waals surface area (Å²) in [5.41, 5.74) is 3.88. The maximum atomic E-state index is 13.7. The van der Waals surface area contributed by atoms with Crippen LogP contribution in [-0.2, 0) is 6.42 Å². The first kappa shape index (κ1) is 23.9. The van der Waals surface area contributed by atoms with Crippen LogP contribution in [0.4, 0.5) is 13.2 Å². The molecule has 0 radical (unpaired) electrons. The van der Waals surface area contributed by atoms with Crippen molar-refractivity contribution in [3.8, 4) is 11.5 Å². The Morgan fingerprint density at radius 1 is 1.17 bits per heavy atom. The van der Waals surface area contributed by atoms with E-state index in [1.165, 1.54) is 0 Å². The molecule has 3 heterocycles. The first-order valence-electron chi connectivity index (χ1n) is 12.1. The first-order valence-corrected chi connectivity index (χ1v) is 12.1. The number of halogens is 3. The number of benzene rings is 2. The van der Waals surface area contributed by atoms with Crippen LogP contribution in [-0.4, -0.2) is 79.0 Å². The van der Waals surface area contributed by atoms with Crippen molar-refractivity contribution in [2.45, 2.75) is 31.9 Å². The summed E-state index contributed by atoms with van der Waals surface area (Å²) in [5.74, 6) is 1.40. The van der Waals surface area contributed by atoms with Gasteiger partial charge in [-0.25, -0.2) is 8.78 Å². The smallest absolute Gasteiger partial charge is 0.251 e. The van der Waals surface area contributed by atoms with Gasteiger partial charge < -0.3 is 9.47 Å². The third-order valence-electron chi connectivity index (χ3n) is 7.24. The van der Waals surface area contributed by atoms with E-state index in [1.807, 2.05) is 48.4 Å². The molecule has 0 amide bonds. The molecule has 1 saturated heterocycles. The second kappa shape index (κ2) is 10.1. The van der Waals surface area contributed by atoms with E-state index in [1.54, 1.807) is 7.11 Å². The average molecular weight is 489 g/mol. The summed E-state index contributed by atoms with van der Waals surface area (Å²) >= 11 is 0. The highest BCUT2D eigenvalue weighted by Crippen LogP contribution is 2.44. The predicted octanol–water partition coefficient (Wildman–Crippen LogP) is 4.45. The molecule has 9 heteroatoms. The van der Waals surface area contributed by atoms with Gasteiger partial charge in [0.25, 0.3) is 6.43 Å². The molecule has 2 aliphatic rings. The number of alkyl halides is 3. The van der Waals surface area contributed by atoms with Gasteiger partial charge in [0.1, 0.15) is 18.1 Å². The normalized spacial score (nSPS) is 21.3. The van der Waals surface area contributed by atoms with Gasteiger partial charge >= 0.3 is 0 Å². The van der Waals surface area contributed by atoms with Gasteiger partial charge in [-0.3, -0.25) is 19.3 Å². The second-order valence-electron chi connectivity index (χ2n) is 9.54. The topological polar surface area (TPSA) is 53.6 Å². The summed E-state index contributed by atoms with van der Waals surface area (Å²) in [7, 11) is 1.59. The third kappa shape index (κ3) is 4.71. The molecule has 188 valence electrons. The molecular weight excluding hydrogens is 457 g/mol. The van der Waals surface area contributed by atoms with E-state index in [-0.39, 0.29) is 31.2 Å². The van der Waals surface area contributed by atoms with Crippen molar-refractivity contribution in [2.24, 2.45) is 5.92 Å². The number of H-pyrrole nitrogens is 1. The molecule has 35 heavy (non-hydrogen) atoms.